The number of aromatic nitrogens is 3. The fourth-order valence-corrected chi connectivity index (χ4v) is 5.20. The Hall–Kier alpha value is -2.81. The second-order valence-corrected chi connectivity index (χ2v) is 10.2. The number of hydrogen-bond acceptors (Lipinski definition) is 7. The number of fused-ring (bicyclic) bond motifs is 1. The molecule has 188 valence electrons. The standard InChI is InChI=1S/C27H30ClN5O3/c28-25-23-16-30-27(31-19-5-7-20(8-6-19)36-21-9-10-21)32-24(23)22(15-29-25)17-1-3-18(4-2-17)26(34)33-11-13-35-14-12-33/h1-4,15-16,19-21H,5-14H2,(H,30,31,32). The Morgan fingerprint density at radius 3 is 2.36 bits per heavy atom. The molecule has 1 saturated heterocycles. The first kappa shape index (κ1) is 23.6. The number of amides is 1. The lowest BCUT2D eigenvalue weighted by Gasteiger charge is -2.29. The van der Waals surface area contributed by atoms with Gasteiger partial charge in [-0.1, -0.05) is 23.7 Å². The van der Waals surface area contributed by atoms with Crippen LogP contribution in [0.15, 0.2) is 36.7 Å². The minimum atomic E-state index is 0.0232. The average molecular weight is 508 g/mol. The third-order valence-corrected chi connectivity index (χ3v) is 7.53. The molecule has 2 aromatic heterocycles. The van der Waals surface area contributed by atoms with Gasteiger partial charge in [-0.15, -0.1) is 0 Å². The Kier molecular flexibility index (Phi) is 6.73. The van der Waals surface area contributed by atoms with Crippen molar-refractivity contribution in [1.82, 2.24) is 19.9 Å². The van der Waals surface area contributed by atoms with E-state index in [0.29, 0.717) is 66.6 Å². The van der Waals surface area contributed by atoms with Crippen LogP contribution in [0.4, 0.5) is 5.95 Å². The highest BCUT2D eigenvalue weighted by Crippen LogP contribution is 2.33. The van der Waals surface area contributed by atoms with Gasteiger partial charge in [-0.05, 0) is 56.2 Å². The predicted molar refractivity (Wildman–Crippen MR) is 138 cm³/mol. The van der Waals surface area contributed by atoms with Gasteiger partial charge in [-0.3, -0.25) is 4.79 Å². The summed E-state index contributed by atoms with van der Waals surface area (Å²) >= 11 is 6.39. The first-order valence-corrected chi connectivity index (χ1v) is 13.2. The number of pyridine rings is 1. The van der Waals surface area contributed by atoms with Gasteiger partial charge < -0.3 is 19.7 Å². The van der Waals surface area contributed by atoms with E-state index in [1.54, 1.807) is 12.4 Å². The van der Waals surface area contributed by atoms with Gasteiger partial charge in [0.15, 0.2) is 0 Å². The first-order chi connectivity index (χ1) is 17.6. The molecule has 1 N–H and O–H groups in total. The van der Waals surface area contributed by atoms with Gasteiger partial charge in [0.05, 0.1) is 36.3 Å². The minimum absolute atomic E-state index is 0.0232. The van der Waals surface area contributed by atoms with E-state index in [1.165, 1.54) is 12.8 Å². The number of rotatable bonds is 6. The maximum Gasteiger partial charge on any atom is 0.254 e. The molecule has 2 saturated carbocycles. The number of benzene rings is 1. The summed E-state index contributed by atoms with van der Waals surface area (Å²) in [5.41, 5.74) is 3.17. The van der Waals surface area contributed by atoms with Gasteiger partial charge in [0.1, 0.15) is 5.15 Å². The topological polar surface area (TPSA) is 89.5 Å². The highest BCUT2D eigenvalue weighted by molar-refractivity contribution is 6.34. The van der Waals surface area contributed by atoms with Crippen molar-refractivity contribution in [2.45, 2.75) is 56.8 Å². The van der Waals surface area contributed by atoms with Crippen molar-refractivity contribution in [3.8, 4) is 11.1 Å². The third-order valence-electron chi connectivity index (χ3n) is 7.23. The van der Waals surface area contributed by atoms with Gasteiger partial charge in [-0.25, -0.2) is 15.0 Å². The van der Waals surface area contributed by atoms with Gasteiger partial charge in [0.2, 0.25) is 5.95 Å². The Bertz CT molecular complexity index is 1240. The van der Waals surface area contributed by atoms with E-state index in [2.05, 4.69) is 15.3 Å². The number of halogens is 1. The van der Waals surface area contributed by atoms with Crippen LogP contribution in [-0.4, -0.2) is 70.3 Å². The minimum Gasteiger partial charge on any atom is -0.378 e. The normalized spacial score (nSPS) is 22.5. The molecule has 0 radical (unpaired) electrons. The van der Waals surface area contributed by atoms with Crippen LogP contribution in [0, 0.1) is 0 Å². The van der Waals surface area contributed by atoms with Crippen molar-refractivity contribution in [3.63, 3.8) is 0 Å². The molecule has 36 heavy (non-hydrogen) atoms. The van der Waals surface area contributed by atoms with Crippen molar-refractivity contribution in [3.05, 3.63) is 47.4 Å². The van der Waals surface area contributed by atoms with Crippen LogP contribution in [0.2, 0.25) is 5.15 Å². The van der Waals surface area contributed by atoms with Crippen LogP contribution in [0.3, 0.4) is 0 Å². The number of nitrogens with one attached hydrogen (secondary N) is 1. The number of morpholine rings is 1. The van der Waals surface area contributed by atoms with Gasteiger partial charge in [-0.2, -0.15) is 0 Å². The average Bonchev–Trinajstić information content (AvgIpc) is 3.74. The molecular weight excluding hydrogens is 478 g/mol. The second kappa shape index (κ2) is 10.3. The van der Waals surface area contributed by atoms with Gasteiger partial charge in [0, 0.05) is 42.7 Å². The van der Waals surface area contributed by atoms with E-state index in [-0.39, 0.29) is 5.91 Å². The zero-order valence-electron chi connectivity index (χ0n) is 20.2. The van der Waals surface area contributed by atoms with Crippen LogP contribution in [0.5, 0.6) is 0 Å². The molecule has 2 aliphatic carbocycles. The highest BCUT2D eigenvalue weighted by Gasteiger charge is 2.29. The fourth-order valence-electron chi connectivity index (χ4n) is 5.01. The summed E-state index contributed by atoms with van der Waals surface area (Å²) in [4.78, 5) is 28.4. The zero-order chi connectivity index (χ0) is 24.5. The third kappa shape index (κ3) is 5.16. The summed E-state index contributed by atoms with van der Waals surface area (Å²) in [5, 5.41) is 4.60. The molecule has 0 bridgehead atoms. The quantitative estimate of drug-likeness (QED) is 0.483. The highest BCUT2D eigenvalue weighted by atomic mass is 35.5. The van der Waals surface area contributed by atoms with Crippen molar-refractivity contribution >= 4 is 34.4 Å². The Balaban J connectivity index is 1.20. The summed E-state index contributed by atoms with van der Waals surface area (Å²) in [5.74, 6) is 0.617. The lowest BCUT2D eigenvalue weighted by Crippen LogP contribution is -2.40. The van der Waals surface area contributed by atoms with Crippen LogP contribution in [0.1, 0.15) is 48.9 Å². The van der Waals surface area contributed by atoms with Crippen LogP contribution in [-0.2, 0) is 9.47 Å². The Morgan fingerprint density at radius 2 is 1.67 bits per heavy atom. The number of carbonyl (C=O) groups excluding carboxylic acids is 1. The molecule has 1 amide bonds. The van der Waals surface area contributed by atoms with Crippen molar-refractivity contribution in [2.75, 3.05) is 31.6 Å². The van der Waals surface area contributed by atoms with Gasteiger partial charge in [0.25, 0.3) is 5.91 Å². The summed E-state index contributed by atoms with van der Waals surface area (Å²) in [7, 11) is 0. The maximum atomic E-state index is 12.8. The number of ether oxygens (including phenoxy) is 2. The molecule has 1 aliphatic heterocycles. The predicted octanol–water partition coefficient (Wildman–Crippen LogP) is 4.72. The molecule has 8 nitrogen and oxygen atoms in total. The number of anilines is 1. The number of nitrogens with zero attached hydrogens (tertiary/aromatic N) is 4. The summed E-state index contributed by atoms with van der Waals surface area (Å²) in [6, 6.07) is 7.92. The molecular formula is C27H30ClN5O3. The molecule has 3 fully saturated rings. The molecule has 0 spiro atoms. The smallest absolute Gasteiger partial charge is 0.254 e. The van der Waals surface area contributed by atoms with E-state index in [9.17, 15) is 4.79 Å². The van der Waals surface area contributed by atoms with Crippen LogP contribution >= 0.6 is 11.6 Å². The molecule has 0 atom stereocenters. The molecule has 9 heteroatoms. The lowest BCUT2D eigenvalue weighted by atomic mass is 9.93. The molecule has 3 aliphatic rings. The summed E-state index contributed by atoms with van der Waals surface area (Å²) < 4.78 is 11.4. The molecule has 0 unspecified atom stereocenters. The molecule has 3 heterocycles. The largest absolute Gasteiger partial charge is 0.378 e. The van der Waals surface area contributed by atoms with E-state index in [0.717, 1.165) is 42.3 Å². The van der Waals surface area contributed by atoms with E-state index < -0.39 is 0 Å². The SMILES string of the molecule is O=C(c1ccc(-c2cnc(Cl)c3cnc(NC4CCC(OC5CC5)CC4)nc23)cc1)N1CCOCC1. The second-order valence-electron chi connectivity index (χ2n) is 9.85. The van der Waals surface area contributed by atoms with Crippen LogP contribution < -0.4 is 5.32 Å². The lowest BCUT2D eigenvalue weighted by molar-refractivity contribution is 0.0146. The molecule has 3 aromatic rings. The van der Waals surface area contributed by atoms with E-state index >= 15 is 0 Å². The summed E-state index contributed by atoms with van der Waals surface area (Å²) in [6.45, 7) is 2.40. The monoisotopic (exact) mass is 507 g/mol. The summed E-state index contributed by atoms with van der Waals surface area (Å²) in [6.07, 6.45) is 11.0. The van der Waals surface area contributed by atoms with Crippen molar-refractivity contribution in [1.29, 1.82) is 0 Å². The van der Waals surface area contributed by atoms with Crippen LogP contribution in [0.25, 0.3) is 22.0 Å². The Morgan fingerprint density at radius 1 is 0.972 bits per heavy atom. The van der Waals surface area contributed by atoms with Crippen molar-refractivity contribution < 1.29 is 14.3 Å². The maximum absolute atomic E-state index is 12.8. The first-order valence-electron chi connectivity index (χ1n) is 12.8. The van der Waals surface area contributed by atoms with E-state index in [1.807, 2.05) is 29.2 Å². The molecule has 1 aromatic carbocycles. The number of hydrogen-bond donors (Lipinski definition) is 1. The zero-order valence-corrected chi connectivity index (χ0v) is 20.9. The van der Waals surface area contributed by atoms with Crippen molar-refractivity contribution in [2.24, 2.45) is 0 Å². The Labute approximate surface area is 215 Å². The van der Waals surface area contributed by atoms with E-state index in [4.69, 9.17) is 26.1 Å². The fraction of sp³-hybridized carbons (Fsp3) is 0.481. The van der Waals surface area contributed by atoms with Gasteiger partial charge >= 0.3 is 0 Å². The number of carbonyl (C=O) groups is 1. The molecule has 6 rings (SSSR count).